The number of piperazine rings is 1. The molecule has 0 aliphatic carbocycles. The summed E-state index contributed by atoms with van der Waals surface area (Å²) < 4.78 is 11.1. The van der Waals surface area contributed by atoms with Crippen LogP contribution in [-0.2, 0) is 0 Å². The van der Waals surface area contributed by atoms with E-state index in [1.165, 1.54) is 6.07 Å². The lowest BCUT2D eigenvalue weighted by molar-refractivity contribution is 0.196. The molecule has 1 aliphatic heterocycles. The summed E-state index contributed by atoms with van der Waals surface area (Å²) in [5.41, 5.74) is -0.175. The van der Waals surface area contributed by atoms with E-state index in [2.05, 4.69) is 20.0 Å². The Morgan fingerprint density at radius 1 is 1.08 bits per heavy atom. The largest absolute Gasteiger partial charge is 0.493 e. The van der Waals surface area contributed by atoms with E-state index in [4.69, 9.17) is 9.47 Å². The van der Waals surface area contributed by atoms with E-state index >= 15 is 0 Å². The SMILES string of the molecule is COc1ccccc1OCCN1CCN(c2ccc(=O)[nH]n2)CC1. The average Bonchev–Trinajstić information content (AvgIpc) is 2.63. The van der Waals surface area contributed by atoms with E-state index in [9.17, 15) is 4.79 Å². The van der Waals surface area contributed by atoms with Crippen LogP contribution in [0.5, 0.6) is 11.5 Å². The molecule has 128 valence electrons. The Kier molecular flexibility index (Phi) is 5.32. The number of ether oxygens (including phenoxy) is 2. The van der Waals surface area contributed by atoms with Gasteiger partial charge in [-0.2, -0.15) is 5.10 Å². The maximum Gasteiger partial charge on any atom is 0.264 e. The zero-order chi connectivity index (χ0) is 16.8. The number of nitrogens with one attached hydrogen (secondary N) is 1. The van der Waals surface area contributed by atoms with Gasteiger partial charge in [0.05, 0.1) is 7.11 Å². The second-order valence-corrected chi connectivity index (χ2v) is 5.61. The molecule has 1 aliphatic rings. The van der Waals surface area contributed by atoms with Crippen LogP contribution in [0.1, 0.15) is 0 Å². The summed E-state index contributed by atoms with van der Waals surface area (Å²) in [6.45, 7) is 5.13. The molecule has 3 rings (SSSR count). The molecule has 24 heavy (non-hydrogen) atoms. The fourth-order valence-corrected chi connectivity index (χ4v) is 2.74. The normalized spacial score (nSPS) is 15.3. The minimum atomic E-state index is -0.175. The molecule has 0 bridgehead atoms. The lowest BCUT2D eigenvalue weighted by Gasteiger charge is -2.35. The predicted molar refractivity (Wildman–Crippen MR) is 92.0 cm³/mol. The molecule has 7 heteroatoms. The van der Waals surface area contributed by atoms with Crippen LogP contribution in [0.25, 0.3) is 0 Å². The van der Waals surface area contributed by atoms with Gasteiger partial charge in [-0.15, -0.1) is 0 Å². The lowest BCUT2D eigenvalue weighted by Crippen LogP contribution is -2.48. The standard InChI is InChI=1S/C17H22N4O3/c1-23-14-4-2-3-5-15(14)24-13-12-20-8-10-21(11-9-20)16-6-7-17(22)19-18-16/h2-7H,8-13H2,1H3,(H,19,22). The summed E-state index contributed by atoms with van der Waals surface area (Å²) in [7, 11) is 1.65. The Hall–Kier alpha value is -2.54. The van der Waals surface area contributed by atoms with Crippen molar-refractivity contribution in [1.29, 1.82) is 0 Å². The molecular weight excluding hydrogens is 308 g/mol. The minimum absolute atomic E-state index is 0.175. The molecule has 0 atom stereocenters. The van der Waals surface area contributed by atoms with E-state index in [0.717, 1.165) is 50.0 Å². The Morgan fingerprint density at radius 3 is 2.50 bits per heavy atom. The summed E-state index contributed by atoms with van der Waals surface area (Å²) >= 11 is 0. The Bertz CT molecular complexity index is 690. The van der Waals surface area contributed by atoms with E-state index in [1.54, 1.807) is 13.2 Å². The van der Waals surface area contributed by atoms with Crippen LogP contribution >= 0.6 is 0 Å². The number of para-hydroxylation sites is 2. The fourth-order valence-electron chi connectivity index (χ4n) is 2.74. The topological polar surface area (TPSA) is 70.7 Å². The van der Waals surface area contributed by atoms with Crippen molar-refractivity contribution in [2.75, 3.05) is 51.3 Å². The van der Waals surface area contributed by atoms with Crippen LogP contribution in [0, 0.1) is 0 Å². The van der Waals surface area contributed by atoms with E-state index in [-0.39, 0.29) is 5.56 Å². The van der Waals surface area contributed by atoms with Crippen molar-refractivity contribution < 1.29 is 9.47 Å². The minimum Gasteiger partial charge on any atom is -0.493 e. The first-order valence-electron chi connectivity index (χ1n) is 8.05. The molecule has 1 saturated heterocycles. The summed E-state index contributed by atoms with van der Waals surface area (Å²) in [4.78, 5) is 15.6. The van der Waals surface area contributed by atoms with Crippen molar-refractivity contribution in [2.24, 2.45) is 0 Å². The number of benzene rings is 1. The van der Waals surface area contributed by atoms with Crippen LogP contribution in [0.2, 0.25) is 0 Å². The monoisotopic (exact) mass is 330 g/mol. The Labute approximate surface area is 140 Å². The quantitative estimate of drug-likeness (QED) is 0.851. The Balaban J connectivity index is 1.44. The van der Waals surface area contributed by atoms with Crippen molar-refractivity contribution >= 4 is 5.82 Å². The number of hydrogen-bond acceptors (Lipinski definition) is 6. The summed E-state index contributed by atoms with van der Waals surface area (Å²) in [5, 5.41) is 6.56. The molecule has 1 fully saturated rings. The summed E-state index contributed by atoms with van der Waals surface area (Å²) in [5.74, 6) is 2.35. The van der Waals surface area contributed by atoms with Crippen LogP contribution in [0.4, 0.5) is 5.82 Å². The smallest absolute Gasteiger partial charge is 0.264 e. The van der Waals surface area contributed by atoms with Gasteiger partial charge in [0.1, 0.15) is 12.4 Å². The first-order valence-corrected chi connectivity index (χ1v) is 8.05. The highest BCUT2D eigenvalue weighted by molar-refractivity contribution is 5.39. The second-order valence-electron chi connectivity index (χ2n) is 5.61. The van der Waals surface area contributed by atoms with Gasteiger partial charge in [0.15, 0.2) is 11.5 Å². The molecule has 0 radical (unpaired) electrons. The molecule has 2 heterocycles. The number of methoxy groups -OCH3 is 1. The van der Waals surface area contributed by atoms with Gasteiger partial charge in [0, 0.05) is 38.8 Å². The molecule has 0 saturated carbocycles. The first kappa shape index (κ1) is 16.3. The number of nitrogens with zero attached hydrogens (tertiary/aromatic N) is 3. The van der Waals surface area contributed by atoms with Crippen molar-refractivity contribution in [3.05, 3.63) is 46.8 Å². The van der Waals surface area contributed by atoms with E-state index in [1.807, 2.05) is 24.3 Å². The van der Waals surface area contributed by atoms with Crippen LogP contribution in [-0.4, -0.2) is 61.5 Å². The number of anilines is 1. The van der Waals surface area contributed by atoms with Crippen molar-refractivity contribution in [1.82, 2.24) is 15.1 Å². The predicted octanol–water partition coefficient (Wildman–Crippen LogP) is 0.979. The van der Waals surface area contributed by atoms with Gasteiger partial charge >= 0.3 is 0 Å². The van der Waals surface area contributed by atoms with Crippen molar-refractivity contribution in [3.8, 4) is 11.5 Å². The van der Waals surface area contributed by atoms with E-state index in [0.29, 0.717) is 6.61 Å². The molecule has 1 aromatic carbocycles. The fraction of sp³-hybridized carbons (Fsp3) is 0.412. The third kappa shape index (κ3) is 4.05. The van der Waals surface area contributed by atoms with Gasteiger partial charge in [0.25, 0.3) is 5.56 Å². The highest BCUT2D eigenvalue weighted by Gasteiger charge is 2.18. The van der Waals surface area contributed by atoms with Gasteiger partial charge in [0.2, 0.25) is 0 Å². The average molecular weight is 330 g/mol. The highest BCUT2D eigenvalue weighted by atomic mass is 16.5. The number of aromatic amines is 1. The van der Waals surface area contributed by atoms with Gasteiger partial charge in [-0.3, -0.25) is 9.69 Å². The number of H-pyrrole nitrogens is 1. The number of aromatic nitrogens is 2. The number of hydrogen-bond donors (Lipinski definition) is 1. The molecule has 0 amide bonds. The molecule has 0 unspecified atom stereocenters. The van der Waals surface area contributed by atoms with Crippen molar-refractivity contribution in [3.63, 3.8) is 0 Å². The third-order valence-electron chi connectivity index (χ3n) is 4.09. The maximum absolute atomic E-state index is 11.1. The lowest BCUT2D eigenvalue weighted by atomic mass is 10.3. The number of rotatable bonds is 6. The van der Waals surface area contributed by atoms with Gasteiger partial charge < -0.3 is 14.4 Å². The second kappa shape index (κ2) is 7.83. The molecular formula is C17H22N4O3. The van der Waals surface area contributed by atoms with Crippen LogP contribution < -0.4 is 19.9 Å². The highest BCUT2D eigenvalue weighted by Crippen LogP contribution is 2.25. The molecule has 0 spiro atoms. The summed E-state index contributed by atoms with van der Waals surface area (Å²) in [6, 6.07) is 10.9. The Morgan fingerprint density at radius 2 is 1.83 bits per heavy atom. The molecule has 7 nitrogen and oxygen atoms in total. The van der Waals surface area contributed by atoms with Gasteiger partial charge in [-0.05, 0) is 18.2 Å². The zero-order valence-corrected chi connectivity index (χ0v) is 13.8. The van der Waals surface area contributed by atoms with Crippen molar-refractivity contribution in [2.45, 2.75) is 0 Å². The zero-order valence-electron chi connectivity index (χ0n) is 13.8. The molecule has 1 aromatic heterocycles. The third-order valence-corrected chi connectivity index (χ3v) is 4.09. The van der Waals surface area contributed by atoms with Crippen LogP contribution in [0.3, 0.4) is 0 Å². The van der Waals surface area contributed by atoms with Gasteiger partial charge in [-0.25, -0.2) is 5.10 Å². The summed E-state index contributed by atoms with van der Waals surface area (Å²) in [6.07, 6.45) is 0. The first-order chi connectivity index (χ1) is 11.8. The molecule has 1 N–H and O–H groups in total. The van der Waals surface area contributed by atoms with E-state index < -0.39 is 0 Å². The molecule has 2 aromatic rings. The van der Waals surface area contributed by atoms with Crippen LogP contribution in [0.15, 0.2) is 41.2 Å². The van der Waals surface area contributed by atoms with Gasteiger partial charge in [-0.1, -0.05) is 12.1 Å². The maximum atomic E-state index is 11.1.